The molecule has 1 unspecified atom stereocenters. The van der Waals surface area contributed by atoms with E-state index in [-0.39, 0.29) is 11.4 Å². The van der Waals surface area contributed by atoms with Crippen LogP contribution < -0.4 is 5.32 Å². The molecule has 1 amide bonds. The monoisotopic (exact) mass is 504 g/mol. The first-order chi connectivity index (χ1) is 12.9. The number of halogens is 4. The highest BCUT2D eigenvalue weighted by Crippen LogP contribution is 2.31. The summed E-state index contributed by atoms with van der Waals surface area (Å²) < 4.78 is 41.7. The number of aryl methyl sites for hydroxylation is 1. The number of carbonyl (C=O) groups is 1. The third-order valence-corrected chi connectivity index (χ3v) is 5.72. The maximum absolute atomic E-state index is 13.7. The minimum absolute atomic E-state index is 0.113. The largest absolute Gasteiger partial charge is 0.320 e. The SMILES string of the molecule is Cc1ncc(F)c(C(F)F)c1NC(=O)/C=C/c1ccc2cnn(PI)c2c1. The van der Waals surface area contributed by atoms with E-state index in [4.69, 9.17) is 0 Å². The zero-order valence-electron chi connectivity index (χ0n) is 13.9. The number of rotatable bonds is 5. The van der Waals surface area contributed by atoms with Gasteiger partial charge in [-0.2, -0.15) is 5.10 Å². The molecule has 0 fully saturated rings. The quantitative estimate of drug-likeness (QED) is 0.293. The molecule has 5 nitrogen and oxygen atoms in total. The van der Waals surface area contributed by atoms with E-state index in [1.807, 2.05) is 22.7 Å². The van der Waals surface area contributed by atoms with Crippen LogP contribution in [0, 0.1) is 12.7 Å². The Labute approximate surface area is 167 Å². The van der Waals surface area contributed by atoms with Crippen molar-refractivity contribution in [3.05, 3.63) is 59.3 Å². The molecule has 2 aromatic heterocycles. The number of nitrogens with zero attached hydrogens (tertiary/aromatic N) is 3. The second kappa shape index (κ2) is 8.35. The Morgan fingerprint density at radius 3 is 2.85 bits per heavy atom. The van der Waals surface area contributed by atoms with E-state index in [0.717, 1.165) is 16.5 Å². The summed E-state index contributed by atoms with van der Waals surface area (Å²) in [6.45, 7) is 1.42. The third-order valence-electron chi connectivity index (χ3n) is 3.83. The van der Waals surface area contributed by atoms with Gasteiger partial charge in [-0.1, -0.05) is 12.1 Å². The zero-order chi connectivity index (χ0) is 19.6. The highest BCUT2D eigenvalue weighted by atomic mass is 127. The fourth-order valence-corrected chi connectivity index (χ4v) is 4.06. The minimum atomic E-state index is -3.07. The molecule has 0 saturated carbocycles. The van der Waals surface area contributed by atoms with Crippen molar-refractivity contribution >= 4 is 57.0 Å². The molecule has 1 aromatic carbocycles. The number of nitrogens with one attached hydrogen (secondary N) is 1. The maximum Gasteiger partial charge on any atom is 0.268 e. The summed E-state index contributed by atoms with van der Waals surface area (Å²) in [5.41, 5.74) is 0.617. The fraction of sp³-hybridized carbons (Fsp3) is 0.118. The Kier molecular flexibility index (Phi) is 6.11. The number of alkyl halides is 2. The summed E-state index contributed by atoms with van der Waals surface area (Å²) in [6.07, 6.45) is 2.59. The number of fused-ring (bicyclic) bond motifs is 1. The molecule has 1 atom stereocenters. The molecule has 0 spiro atoms. The molecule has 27 heavy (non-hydrogen) atoms. The lowest BCUT2D eigenvalue weighted by Crippen LogP contribution is -2.13. The predicted octanol–water partition coefficient (Wildman–Crippen LogP) is 5.26. The lowest BCUT2D eigenvalue weighted by Gasteiger charge is -2.12. The van der Waals surface area contributed by atoms with Crippen molar-refractivity contribution in [3.8, 4) is 0 Å². The van der Waals surface area contributed by atoms with Crippen LogP contribution >= 0.6 is 28.4 Å². The Balaban J connectivity index is 1.83. The average molecular weight is 504 g/mol. The Bertz CT molecular complexity index is 1040. The number of amides is 1. The van der Waals surface area contributed by atoms with Gasteiger partial charge in [-0.25, -0.2) is 17.6 Å². The van der Waals surface area contributed by atoms with Gasteiger partial charge in [0.1, 0.15) is 0 Å². The van der Waals surface area contributed by atoms with Crippen LogP contribution in [-0.2, 0) is 4.79 Å². The summed E-state index contributed by atoms with van der Waals surface area (Å²) in [5.74, 6) is -1.81. The summed E-state index contributed by atoms with van der Waals surface area (Å²) in [6, 6.07) is 5.56. The molecule has 0 bridgehead atoms. The minimum Gasteiger partial charge on any atom is -0.320 e. The predicted molar refractivity (Wildman–Crippen MR) is 109 cm³/mol. The highest BCUT2D eigenvalue weighted by Gasteiger charge is 2.22. The molecule has 2 heterocycles. The molecule has 0 radical (unpaired) electrons. The standard InChI is InChI=1S/C17H13F3IN4OP/c1-9-16(15(17(19)20)12(18)8-22-9)24-14(26)5-3-10-2-4-11-7-23-25(27-21)13(11)6-10/h2-8,17,27H,1H3,(H,24,26)/b5-3+. The van der Waals surface area contributed by atoms with Crippen molar-refractivity contribution in [2.24, 2.45) is 0 Å². The molecule has 3 aromatic rings. The van der Waals surface area contributed by atoms with Crippen LogP contribution in [0.4, 0.5) is 18.9 Å². The summed E-state index contributed by atoms with van der Waals surface area (Å²) in [4.78, 5) is 15.8. The van der Waals surface area contributed by atoms with Gasteiger partial charge in [0.15, 0.2) is 5.82 Å². The van der Waals surface area contributed by atoms with Gasteiger partial charge in [0.2, 0.25) is 5.91 Å². The number of benzene rings is 1. The summed E-state index contributed by atoms with van der Waals surface area (Å²) >= 11 is 2.22. The van der Waals surface area contributed by atoms with Crippen molar-refractivity contribution in [2.75, 3.05) is 5.32 Å². The molecule has 0 saturated heterocycles. The third kappa shape index (κ3) is 4.30. The molecular weight excluding hydrogens is 491 g/mol. The number of pyridine rings is 1. The van der Waals surface area contributed by atoms with Crippen molar-refractivity contribution in [3.63, 3.8) is 0 Å². The van der Waals surface area contributed by atoms with Gasteiger partial charge >= 0.3 is 0 Å². The van der Waals surface area contributed by atoms with E-state index in [1.165, 1.54) is 13.0 Å². The number of carbonyl (C=O) groups excluding carboxylic acids is 1. The first-order valence-corrected chi connectivity index (χ1v) is 11.7. The molecule has 3 rings (SSSR count). The first-order valence-electron chi connectivity index (χ1n) is 7.67. The van der Waals surface area contributed by atoms with Crippen LogP contribution in [0.5, 0.6) is 0 Å². The zero-order valence-corrected chi connectivity index (χ0v) is 17.0. The van der Waals surface area contributed by atoms with Gasteiger partial charge in [0, 0.05) is 11.5 Å². The normalized spacial score (nSPS) is 12.1. The van der Waals surface area contributed by atoms with Gasteiger partial charge in [0.25, 0.3) is 6.43 Å². The molecule has 0 aliphatic heterocycles. The highest BCUT2D eigenvalue weighted by molar-refractivity contribution is 14.2. The van der Waals surface area contributed by atoms with Gasteiger partial charge in [-0.05, 0) is 46.7 Å². The van der Waals surface area contributed by atoms with Crippen molar-refractivity contribution < 1.29 is 18.0 Å². The van der Waals surface area contributed by atoms with E-state index in [2.05, 4.69) is 37.4 Å². The lowest BCUT2D eigenvalue weighted by molar-refractivity contribution is -0.111. The van der Waals surface area contributed by atoms with Crippen molar-refractivity contribution in [1.29, 1.82) is 0 Å². The molecule has 10 heteroatoms. The van der Waals surface area contributed by atoms with Gasteiger partial charge in [0.05, 0.1) is 41.2 Å². The molecular formula is C17H13F3IN4OP. The Morgan fingerprint density at radius 1 is 1.37 bits per heavy atom. The number of hydrogen-bond acceptors (Lipinski definition) is 3. The lowest BCUT2D eigenvalue weighted by atomic mass is 10.1. The maximum atomic E-state index is 13.7. The number of aromatic nitrogens is 3. The summed E-state index contributed by atoms with van der Waals surface area (Å²) in [7, 11) is 0. The second-order valence-corrected chi connectivity index (χ2v) is 7.60. The molecule has 1 N–H and O–H groups in total. The van der Waals surface area contributed by atoms with Crippen molar-refractivity contribution in [1.82, 2.24) is 14.5 Å². The molecule has 0 aliphatic carbocycles. The smallest absolute Gasteiger partial charge is 0.268 e. The first kappa shape index (κ1) is 19.8. The topological polar surface area (TPSA) is 59.8 Å². The van der Waals surface area contributed by atoms with Crippen LogP contribution in [0.15, 0.2) is 36.7 Å². The van der Waals surface area contributed by atoms with Crippen LogP contribution in [0.1, 0.15) is 23.2 Å². The van der Waals surface area contributed by atoms with E-state index < -0.39 is 23.7 Å². The Hall–Kier alpha value is -2.00. The van der Waals surface area contributed by atoms with E-state index in [9.17, 15) is 18.0 Å². The van der Waals surface area contributed by atoms with E-state index in [1.54, 1.807) is 12.3 Å². The van der Waals surface area contributed by atoms with Crippen LogP contribution in [0.25, 0.3) is 17.0 Å². The number of hydrogen-bond donors (Lipinski definition) is 1. The van der Waals surface area contributed by atoms with E-state index >= 15 is 0 Å². The second-order valence-electron chi connectivity index (χ2n) is 5.56. The van der Waals surface area contributed by atoms with E-state index in [0.29, 0.717) is 12.6 Å². The van der Waals surface area contributed by atoms with Crippen LogP contribution in [-0.4, -0.2) is 20.4 Å². The number of anilines is 1. The Morgan fingerprint density at radius 2 is 2.15 bits per heavy atom. The van der Waals surface area contributed by atoms with Gasteiger partial charge < -0.3 is 5.32 Å². The van der Waals surface area contributed by atoms with Crippen LogP contribution in [0.2, 0.25) is 0 Å². The van der Waals surface area contributed by atoms with Crippen molar-refractivity contribution in [2.45, 2.75) is 13.3 Å². The average Bonchev–Trinajstić information content (AvgIpc) is 3.05. The summed E-state index contributed by atoms with van der Waals surface area (Å²) in [5, 5.41) is 7.53. The molecule has 0 aliphatic rings. The molecule has 140 valence electrons. The van der Waals surface area contributed by atoms with Gasteiger partial charge in [-0.3, -0.25) is 9.78 Å². The van der Waals surface area contributed by atoms with Gasteiger partial charge in [-0.15, -0.1) is 0 Å². The fourth-order valence-electron chi connectivity index (χ4n) is 2.52. The van der Waals surface area contributed by atoms with Crippen LogP contribution in [0.3, 0.4) is 0 Å².